The molecule has 0 radical (unpaired) electrons. The standard InChI is InChI=1S/C16H19F2N3O/c1-20-9-11(8-19-20)15-3-2-6-21(15)10-16(22)13-5-4-12(17)7-14(13)18/h4-5,7-9,15-16,22H,2-3,6,10H2,1H3. The topological polar surface area (TPSA) is 41.3 Å². The maximum Gasteiger partial charge on any atom is 0.131 e. The predicted molar refractivity (Wildman–Crippen MR) is 78.1 cm³/mol. The van der Waals surface area contributed by atoms with E-state index in [2.05, 4.69) is 10.00 Å². The number of aliphatic hydroxyl groups is 1. The van der Waals surface area contributed by atoms with E-state index in [-0.39, 0.29) is 11.6 Å². The molecule has 0 amide bonds. The van der Waals surface area contributed by atoms with Crippen LogP contribution >= 0.6 is 0 Å². The quantitative estimate of drug-likeness (QED) is 0.944. The van der Waals surface area contributed by atoms with Crippen molar-refractivity contribution in [3.05, 3.63) is 53.4 Å². The minimum Gasteiger partial charge on any atom is -0.387 e. The molecule has 1 fully saturated rings. The Morgan fingerprint density at radius 1 is 1.41 bits per heavy atom. The van der Waals surface area contributed by atoms with E-state index in [0.29, 0.717) is 6.54 Å². The molecule has 0 saturated carbocycles. The molecule has 1 aromatic carbocycles. The van der Waals surface area contributed by atoms with E-state index in [4.69, 9.17) is 0 Å². The van der Waals surface area contributed by atoms with E-state index in [1.54, 1.807) is 4.68 Å². The molecular weight excluding hydrogens is 288 g/mol. The van der Waals surface area contributed by atoms with Crippen LogP contribution in [-0.2, 0) is 7.05 Å². The zero-order valence-electron chi connectivity index (χ0n) is 12.4. The lowest BCUT2D eigenvalue weighted by atomic mass is 10.1. The van der Waals surface area contributed by atoms with Gasteiger partial charge in [-0.1, -0.05) is 6.07 Å². The molecule has 118 valence electrons. The van der Waals surface area contributed by atoms with E-state index in [1.165, 1.54) is 12.1 Å². The highest BCUT2D eigenvalue weighted by Crippen LogP contribution is 2.33. The molecule has 1 aliphatic heterocycles. The van der Waals surface area contributed by atoms with Crippen LogP contribution in [0.2, 0.25) is 0 Å². The van der Waals surface area contributed by atoms with E-state index >= 15 is 0 Å². The molecule has 3 rings (SSSR count). The summed E-state index contributed by atoms with van der Waals surface area (Å²) in [6.07, 6.45) is 4.84. The molecule has 2 aromatic rings. The third-order valence-corrected chi connectivity index (χ3v) is 4.20. The van der Waals surface area contributed by atoms with E-state index in [0.717, 1.165) is 31.0 Å². The fraction of sp³-hybridized carbons (Fsp3) is 0.438. The average molecular weight is 307 g/mol. The van der Waals surface area contributed by atoms with Crippen LogP contribution in [0.15, 0.2) is 30.6 Å². The lowest BCUT2D eigenvalue weighted by Crippen LogP contribution is -2.28. The highest BCUT2D eigenvalue weighted by atomic mass is 19.1. The first-order chi connectivity index (χ1) is 10.5. The van der Waals surface area contributed by atoms with Gasteiger partial charge in [-0.2, -0.15) is 5.10 Å². The second-order valence-electron chi connectivity index (χ2n) is 5.78. The number of likely N-dealkylation sites (tertiary alicyclic amines) is 1. The number of aromatic nitrogens is 2. The summed E-state index contributed by atoms with van der Waals surface area (Å²) >= 11 is 0. The summed E-state index contributed by atoms with van der Waals surface area (Å²) in [7, 11) is 1.87. The van der Waals surface area contributed by atoms with Gasteiger partial charge in [-0.05, 0) is 25.5 Å². The Kier molecular flexibility index (Phi) is 4.22. The molecule has 1 N–H and O–H groups in total. The fourth-order valence-electron chi connectivity index (χ4n) is 3.13. The average Bonchev–Trinajstić information content (AvgIpc) is 3.07. The Hall–Kier alpha value is -1.79. The van der Waals surface area contributed by atoms with Gasteiger partial charge >= 0.3 is 0 Å². The number of aryl methyl sites for hydroxylation is 1. The summed E-state index contributed by atoms with van der Waals surface area (Å²) in [5.41, 5.74) is 1.24. The van der Waals surface area contributed by atoms with E-state index in [9.17, 15) is 13.9 Å². The zero-order valence-corrected chi connectivity index (χ0v) is 12.4. The predicted octanol–water partition coefficient (Wildman–Crippen LogP) is 2.57. The molecule has 4 nitrogen and oxygen atoms in total. The monoisotopic (exact) mass is 307 g/mol. The van der Waals surface area contributed by atoms with Crippen molar-refractivity contribution in [1.82, 2.24) is 14.7 Å². The Labute approximate surface area is 128 Å². The lowest BCUT2D eigenvalue weighted by molar-refractivity contribution is 0.103. The van der Waals surface area contributed by atoms with Gasteiger partial charge in [0.25, 0.3) is 0 Å². The van der Waals surface area contributed by atoms with Gasteiger partial charge in [0, 0.05) is 43.0 Å². The number of hydrogen-bond acceptors (Lipinski definition) is 3. The first kappa shape index (κ1) is 15.1. The summed E-state index contributed by atoms with van der Waals surface area (Å²) in [5, 5.41) is 14.5. The second kappa shape index (κ2) is 6.14. The van der Waals surface area contributed by atoms with Crippen LogP contribution in [0.3, 0.4) is 0 Å². The second-order valence-corrected chi connectivity index (χ2v) is 5.78. The smallest absolute Gasteiger partial charge is 0.131 e. The SMILES string of the molecule is Cn1cc(C2CCCN2CC(O)c2ccc(F)cc2F)cn1. The number of halogens is 2. The van der Waals surface area contributed by atoms with Crippen molar-refractivity contribution in [1.29, 1.82) is 0 Å². The van der Waals surface area contributed by atoms with Crippen LogP contribution in [-0.4, -0.2) is 32.9 Å². The molecule has 2 atom stereocenters. The van der Waals surface area contributed by atoms with Crippen molar-refractivity contribution in [2.75, 3.05) is 13.1 Å². The van der Waals surface area contributed by atoms with Crippen molar-refractivity contribution in [3.63, 3.8) is 0 Å². The zero-order chi connectivity index (χ0) is 15.7. The van der Waals surface area contributed by atoms with Crippen molar-refractivity contribution in [2.45, 2.75) is 25.0 Å². The van der Waals surface area contributed by atoms with Crippen molar-refractivity contribution >= 4 is 0 Å². The summed E-state index contributed by atoms with van der Waals surface area (Å²) in [5.74, 6) is -1.34. The third kappa shape index (κ3) is 3.03. The normalized spacial score (nSPS) is 20.5. The number of nitrogens with zero attached hydrogens (tertiary/aromatic N) is 3. The molecule has 2 heterocycles. The van der Waals surface area contributed by atoms with Crippen LogP contribution < -0.4 is 0 Å². The number of benzene rings is 1. The maximum atomic E-state index is 13.8. The van der Waals surface area contributed by atoms with Crippen LogP contribution in [0.4, 0.5) is 8.78 Å². The van der Waals surface area contributed by atoms with Crippen molar-refractivity contribution in [3.8, 4) is 0 Å². The largest absolute Gasteiger partial charge is 0.387 e. The van der Waals surface area contributed by atoms with Gasteiger partial charge in [0.2, 0.25) is 0 Å². The minimum atomic E-state index is -0.974. The van der Waals surface area contributed by atoms with Gasteiger partial charge in [0.1, 0.15) is 11.6 Å². The molecule has 1 aromatic heterocycles. The summed E-state index contributed by atoms with van der Waals surface area (Å²) in [6.45, 7) is 1.17. The van der Waals surface area contributed by atoms with Gasteiger partial charge in [-0.15, -0.1) is 0 Å². The summed E-state index contributed by atoms with van der Waals surface area (Å²) in [4.78, 5) is 2.13. The maximum absolute atomic E-state index is 13.8. The number of hydrogen-bond donors (Lipinski definition) is 1. The summed E-state index contributed by atoms with van der Waals surface area (Å²) in [6, 6.07) is 3.47. The van der Waals surface area contributed by atoms with Crippen molar-refractivity contribution in [2.24, 2.45) is 7.05 Å². The number of rotatable bonds is 4. The van der Waals surface area contributed by atoms with Gasteiger partial charge in [0.15, 0.2) is 0 Å². The Balaban J connectivity index is 1.73. The van der Waals surface area contributed by atoms with Gasteiger partial charge in [0.05, 0.1) is 12.3 Å². The highest BCUT2D eigenvalue weighted by molar-refractivity contribution is 5.21. The van der Waals surface area contributed by atoms with Crippen LogP contribution in [0.25, 0.3) is 0 Å². The molecule has 6 heteroatoms. The minimum absolute atomic E-state index is 0.137. The molecule has 0 aliphatic carbocycles. The van der Waals surface area contributed by atoms with E-state index in [1.807, 2.05) is 19.4 Å². The number of β-amino-alcohol motifs (C(OH)–C–C–N with tert-alkyl or cyclic N) is 1. The van der Waals surface area contributed by atoms with Crippen LogP contribution in [0.1, 0.15) is 36.1 Å². The van der Waals surface area contributed by atoms with Gasteiger partial charge in [-0.25, -0.2) is 8.78 Å². The van der Waals surface area contributed by atoms with E-state index < -0.39 is 17.7 Å². The summed E-state index contributed by atoms with van der Waals surface area (Å²) < 4.78 is 28.5. The van der Waals surface area contributed by atoms with Gasteiger partial charge in [-0.3, -0.25) is 9.58 Å². The molecule has 2 unspecified atom stereocenters. The molecule has 0 spiro atoms. The molecule has 22 heavy (non-hydrogen) atoms. The molecule has 1 saturated heterocycles. The lowest BCUT2D eigenvalue weighted by Gasteiger charge is -2.26. The molecule has 1 aliphatic rings. The van der Waals surface area contributed by atoms with Crippen LogP contribution in [0, 0.1) is 11.6 Å². The fourth-order valence-corrected chi connectivity index (χ4v) is 3.13. The Morgan fingerprint density at radius 2 is 2.23 bits per heavy atom. The highest BCUT2D eigenvalue weighted by Gasteiger charge is 2.29. The molecule has 0 bridgehead atoms. The van der Waals surface area contributed by atoms with Crippen molar-refractivity contribution < 1.29 is 13.9 Å². The Morgan fingerprint density at radius 3 is 2.91 bits per heavy atom. The van der Waals surface area contributed by atoms with Gasteiger partial charge < -0.3 is 5.11 Å². The first-order valence-electron chi connectivity index (χ1n) is 7.40. The third-order valence-electron chi connectivity index (χ3n) is 4.20. The number of aliphatic hydroxyl groups excluding tert-OH is 1. The molecular formula is C16H19F2N3O. The Bertz CT molecular complexity index is 659. The van der Waals surface area contributed by atoms with Crippen LogP contribution in [0.5, 0.6) is 0 Å². The first-order valence-corrected chi connectivity index (χ1v) is 7.40.